The van der Waals surface area contributed by atoms with Gasteiger partial charge in [-0.1, -0.05) is 6.07 Å². The molecule has 1 heterocycles. The number of hydrogen-bond acceptors (Lipinski definition) is 4. The van der Waals surface area contributed by atoms with Crippen molar-refractivity contribution in [3.05, 3.63) is 30.2 Å². The largest absolute Gasteiger partial charge is 0.443 e. The summed E-state index contributed by atoms with van der Waals surface area (Å²) in [5, 5.41) is 0. The second-order valence-electron chi connectivity index (χ2n) is 5.19. The maximum absolute atomic E-state index is 6.10. The van der Waals surface area contributed by atoms with Gasteiger partial charge in [-0.25, -0.2) is 4.98 Å². The van der Waals surface area contributed by atoms with Crippen LogP contribution < -0.4 is 5.73 Å². The Kier molecular flexibility index (Phi) is 2.42. The van der Waals surface area contributed by atoms with Gasteiger partial charge in [-0.3, -0.25) is 0 Å². The van der Waals surface area contributed by atoms with Gasteiger partial charge in [0.25, 0.3) is 0 Å². The number of oxazole rings is 1. The van der Waals surface area contributed by atoms with Crippen molar-refractivity contribution in [2.24, 2.45) is 5.73 Å². The lowest BCUT2D eigenvalue weighted by atomic mass is 10.2. The average Bonchev–Trinajstić information content (AvgIpc) is 2.83. The summed E-state index contributed by atoms with van der Waals surface area (Å²) in [6.45, 7) is 1.86. The van der Waals surface area contributed by atoms with Crippen molar-refractivity contribution < 1.29 is 4.42 Å². The Hall–Kier alpha value is -1.39. The fourth-order valence-corrected chi connectivity index (χ4v) is 2.22. The Bertz CT molecular complexity index is 530. The molecule has 2 aromatic rings. The fraction of sp³-hybridized carbons (Fsp3) is 0.462. The lowest BCUT2D eigenvalue weighted by Crippen LogP contribution is -2.36. The van der Waals surface area contributed by atoms with Gasteiger partial charge in [-0.15, -0.1) is 0 Å². The third kappa shape index (κ3) is 2.33. The maximum atomic E-state index is 6.10. The summed E-state index contributed by atoms with van der Waals surface area (Å²) >= 11 is 0. The molecule has 1 saturated carbocycles. The molecule has 1 aliphatic rings. The van der Waals surface area contributed by atoms with Crippen LogP contribution >= 0.6 is 0 Å². The van der Waals surface area contributed by atoms with Gasteiger partial charge in [0.15, 0.2) is 12.0 Å². The smallest absolute Gasteiger partial charge is 0.181 e. The van der Waals surface area contributed by atoms with Crippen LogP contribution in [0.25, 0.3) is 11.1 Å². The standard InChI is InChI=1S/C13H17N3O/c1-16(8-13(14)4-5-13)7-10-2-3-11-12(6-10)17-9-15-11/h2-3,6,9H,4-5,7-8,14H2,1H3. The number of fused-ring (bicyclic) bond motifs is 1. The maximum Gasteiger partial charge on any atom is 0.181 e. The summed E-state index contributed by atoms with van der Waals surface area (Å²) in [6.07, 6.45) is 3.79. The van der Waals surface area contributed by atoms with Gasteiger partial charge in [0.05, 0.1) is 0 Å². The number of nitrogens with zero attached hydrogens (tertiary/aromatic N) is 2. The molecule has 0 spiro atoms. The Balaban J connectivity index is 1.70. The zero-order chi connectivity index (χ0) is 11.9. The fourth-order valence-electron chi connectivity index (χ4n) is 2.22. The third-order valence-corrected chi connectivity index (χ3v) is 3.33. The Morgan fingerprint density at radius 1 is 1.47 bits per heavy atom. The predicted octanol–water partition coefficient (Wildman–Crippen LogP) is 1.75. The van der Waals surface area contributed by atoms with Gasteiger partial charge in [-0.05, 0) is 37.6 Å². The Labute approximate surface area is 100 Å². The molecule has 0 amide bonds. The van der Waals surface area contributed by atoms with Gasteiger partial charge >= 0.3 is 0 Å². The topological polar surface area (TPSA) is 55.3 Å². The van der Waals surface area contributed by atoms with Crippen LogP contribution in [0.2, 0.25) is 0 Å². The van der Waals surface area contributed by atoms with E-state index in [2.05, 4.69) is 29.1 Å². The number of aromatic nitrogens is 1. The number of benzene rings is 1. The summed E-state index contributed by atoms with van der Waals surface area (Å²) in [6, 6.07) is 6.14. The minimum atomic E-state index is 0.0745. The number of likely N-dealkylation sites (N-methyl/N-ethyl adjacent to an activating group) is 1. The monoisotopic (exact) mass is 231 g/mol. The van der Waals surface area contributed by atoms with E-state index in [9.17, 15) is 0 Å². The van der Waals surface area contributed by atoms with Gasteiger partial charge < -0.3 is 15.1 Å². The molecule has 0 radical (unpaired) electrons. The minimum Gasteiger partial charge on any atom is -0.443 e. The highest BCUT2D eigenvalue weighted by Gasteiger charge is 2.38. The second kappa shape index (κ2) is 3.82. The quantitative estimate of drug-likeness (QED) is 0.871. The van der Waals surface area contributed by atoms with Gasteiger partial charge in [0.2, 0.25) is 0 Å². The summed E-state index contributed by atoms with van der Waals surface area (Å²) in [5.74, 6) is 0. The molecule has 0 bridgehead atoms. The molecule has 17 heavy (non-hydrogen) atoms. The number of nitrogens with two attached hydrogens (primary N) is 1. The van der Waals surface area contributed by atoms with Crippen LogP contribution in [0.1, 0.15) is 18.4 Å². The molecule has 0 unspecified atom stereocenters. The van der Waals surface area contributed by atoms with Crippen molar-refractivity contribution in [2.45, 2.75) is 24.9 Å². The second-order valence-corrected chi connectivity index (χ2v) is 5.19. The first-order chi connectivity index (χ1) is 8.15. The molecule has 2 N–H and O–H groups in total. The van der Waals surface area contributed by atoms with Crippen molar-refractivity contribution in [2.75, 3.05) is 13.6 Å². The third-order valence-electron chi connectivity index (χ3n) is 3.33. The van der Waals surface area contributed by atoms with E-state index in [0.717, 1.165) is 37.0 Å². The molecule has 1 aliphatic carbocycles. The summed E-state index contributed by atoms with van der Waals surface area (Å²) in [4.78, 5) is 6.38. The van der Waals surface area contributed by atoms with Crippen LogP contribution in [-0.2, 0) is 6.54 Å². The van der Waals surface area contributed by atoms with E-state index in [1.165, 1.54) is 12.0 Å². The van der Waals surface area contributed by atoms with Crippen LogP contribution in [0.15, 0.2) is 29.0 Å². The van der Waals surface area contributed by atoms with Crippen LogP contribution in [0.5, 0.6) is 0 Å². The minimum absolute atomic E-state index is 0.0745. The zero-order valence-electron chi connectivity index (χ0n) is 10.0. The molecular formula is C13H17N3O. The van der Waals surface area contributed by atoms with Gasteiger partial charge in [-0.2, -0.15) is 0 Å². The predicted molar refractivity (Wildman–Crippen MR) is 66.5 cm³/mol. The van der Waals surface area contributed by atoms with Crippen LogP contribution in [0.3, 0.4) is 0 Å². The molecule has 3 rings (SSSR count). The van der Waals surface area contributed by atoms with Crippen LogP contribution in [0.4, 0.5) is 0 Å². The molecule has 4 heteroatoms. The number of rotatable bonds is 4. The molecule has 90 valence electrons. The molecular weight excluding hydrogens is 214 g/mol. The van der Waals surface area contributed by atoms with E-state index in [0.29, 0.717) is 0 Å². The van der Waals surface area contributed by atoms with E-state index in [1.807, 2.05) is 6.07 Å². The summed E-state index contributed by atoms with van der Waals surface area (Å²) < 4.78 is 5.30. The van der Waals surface area contributed by atoms with Gasteiger partial charge in [0.1, 0.15) is 5.52 Å². The van der Waals surface area contributed by atoms with E-state index in [-0.39, 0.29) is 5.54 Å². The molecule has 1 fully saturated rings. The Morgan fingerprint density at radius 3 is 3.06 bits per heavy atom. The average molecular weight is 231 g/mol. The molecule has 0 saturated heterocycles. The van der Waals surface area contributed by atoms with Crippen LogP contribution in [0, 0.1) is 0 Å². The van der Waals surface area contributed by atoms with E-state index in [4.69, 9.17) is 10.2 Å². The highest BCUT2D eigenvalue weighted by atomic mass is 16.3. The first kappa shape index (κ1) is 10.7. The lowest BCUT2D eigenvalue weighted by Gasteiger charge is -2.20. The zero-order valence-corrected chi connectivity index (χ0v) is 10.0. The van der Waals surface area contributed by atoms with Crippen molar-refractivity contribution in [1.29, 1.82) is 0 Å². The first-order valence-electron chi connectivity index (χ1n) is 5.94. The first-order valence-corrected chi connectivity index (χ1v) is 5.94. The van der Waals surface area contributed by atoms with Crippen molar-refractivity contribution in [3.63, 3.8) is 0 Å². The normalized spacial score (nSPS) is 17.8. The lowest BCUT2D eigenvalue weighted by molar-refractivity contribution is 0.296. The summed E-state index contributed by atoms with van der Waals surface area (Å²) in [5.41, 5.74) is 9.18. The highest BCUT2D eigenvalue weighted by molar-refractivity contribution is 5.72. The van der Waals surface area contributed by atoms with Crippen LogP contribution in [-0.4, -0.2) is 29.0 Å². The van der Waals surface area contributed by atoms with Crippen molar-refractivity contribution in [3.8, 4) is 0 Å². The van der Waals surface area contributed by atoms with E-state index >= 15 is 0 Å². The van der Waals surface area contributed by atoms with E-state index in [1.54, 1.807) is 0 Å². The molecule has 0 aliphatic heterocycles. The van der Waals surface area contributed by atoms with Crippen molar-refractivity contribution in [1.82, 2.24) is 9.88 Å². The SMILES string of the molecule is CN(Cc1ccc2ncoc2c1)CC1(N)CC1. The summed E-state index contributed by atoms with van der Waals surface area (Å²) in [7, 11) is 2.11. The molecule has 4 nitrogen and oxygen atoms in total. The van der Waals surface area contributed by atoms with Crippen molar-refractivity contribution >= 4 is 11.1 Å². The highest BCUT2D eigenvalue weighted by Crippen LogP contribution is 2.32. The molecule has 0 atom stereocenters. The number of hydrogen-bond donors (Lipinski definition) is 1. The molecule has 1 aromatic carbocycles. The van der Waals surface area contributed by atoms with E-state index < -0.39 is 0 Å². The molecule has 1 aromatic heterocycles. The Morgan fingerprint density at radius 2 is 2.29 bits per heavy atom. The van der Waals surface area contributed by atoms with Gasteiger partial charge in [0, 0.05) is 18.6 Å².